The molecule has 0 aliphatic heterocycles. The van der Waals surface area contributed by atoms with Crippen LogP contribution in [0.2, 0.25) is 5.02 Å². The first-order valence-electron chi connectivity index (χ1n) is 7.90. The minimum absolute atomic E-state index is 0.135. The van der Waals surface area contributed by atoms with Gasteiger partial charge in [-0.25, -0.2) is 4.98 Å². The fourth-order valence-corrected chi connectivity index (χ4v) is 2.90. The van der Waals surface area contributed by atoms with Gasteiger partial charge < -0.3 is 10.6 Å². The molecule has 0 aromatic carbocycles. The van der Waals surface area contributed by atoms with Crippen LogP contribution in [0.15, 0.2) is 12.1 Å². The van der Waals surface area contributed by atoms with Gasteiger partial charge in [-0.05, 0) is 56.1 Å². The second-order valence-corrected chi connectivity index (χ2v) is 6.54. The minimum atomic E-state index is -0.135. The molecule has 0 unspecified atom stereocenters. The van der Waals surface area contributed by atoms with E-state index in [1.54, 1.807) is 6.07 Å². The van der Waals surface area contributed by atoms with Crippen molar-refractivity contribution in [3.8, 4) is 0 Å². The normalized spacial score (nSPS) is 17.9. The number of nitrogens with one attached hydrogen (secondary N) is 2. The maximum absolute atomic E-state index is 12.5. The van der Waals surface area contributed by atoms with Gasteiger partial charge in [-0.3, -0.25) is 4.79 Å². The SMILES string of the molecule is CCCNc1ccc(Cl)c(C(=O)NC(C2CC2)C2CC2)n1. The number of carbonyl (C=O) groups is 1. The minimum Gasteiger partial charge on any atom is -0.370 e. The lowest BCUT2D eigenvalue weighted by Gasteiger charge is -2.18. The Kier molecular flexibility index (Phi) is 4.34. The molecule has 0 bridgehead atoms. The van der Waals surface area contributed by atoms with E-state index in [0.29, 0.717) is 34.4 Å². The largest absolute Gasteiger partial charge is 0.370 e. The van der Waals surface area contributed by atoms with Gasteiger partial charge in [-0.15, -0.1) is 0 Å². The third-order valence-corrected chi connectivity index (χ3v) is 4.48. The van der Waals surface area contributed by atoms with Gasteiger partial charge in [0.1, 0.15) is 11.5 Å². The van der Waals surface area contributed by atoms with Crippen molar-refractivity contribution in [2.24, 2.45) is 11.8 Å². The monoisotopic (exact) mass is 307 g/mol. The highest BCUT2D eigenvalue weighted by molar-refractivity contribution is 6.33. The zero-order chi connectivity index (χ0) is 14.8. The van der Waals surface area contributed by atoms with E-state index in [4.69, 9.17) is 11.6 Å². The zero-order valence-electron chi connectivity index (χ0n) is 12.4. The van der Waals surface area contributed by atoms with E-state index in [0.717, 1.165) is 13.0 Å². The second-order valence-electron chi connectivity index (χ2n) is 6.13. The molecule has 4 nitrogen and oxygen atoms in total. The van der Waals surface area contributed by atoms with E-state index in [2.05, 4.69) is 22.5 Å². The van der Waals surface area contributed by atoms with Crippen molar-refractivity contribution in [2.45, 2.75) is 45.1 Å². The highest BCUT2D eigenvalue weighted by atomic mass is 35.5. The summed E-state index contributed by atoms with van der Waals surface area (Å²) >= 11 is 6.15. The zero-order valence-corrected chi connectivity index (χ0v) is 13.1. The van der Waals surface area contributed by atoms with E-state index in [9.17, 15) is 4.79 Å². The Hall–Kier alpha value is -1.29. The van der Waals surface area contributed by atoms with Crippen LogP contribution < -0.4 is 10.6 Å². The fourth-order valence-electron chi connectivity index (χ4n) is 2.70. The molecule has 3 rings (SSSR count). The molecule has 2 fully saturated rings. The first-order chi connectivity index (χ1) is 10.2. The Balaban J connectivity index is 1.70. The number of carbonyl (C=O) groups excluding carboxylic acids is 1. The molecular formula is C16H22ClN3O. The second kappa shape index (κ2) is 6.22. The number of nitrogens with zero attached hydrogens (tertiary/aromatic N) is 1. The highest BCUT2D eigenvalue weighted by Gasteiger charge is 2.42. The van der Waals surface area contributed by atoms with Crippen LogP contribution >= 0.6 is 11.6 Å². The number of hydrogen-bond acceptors (Lipinski definition) is 3. The van der Waals surface area contributed by atoms with Crippen LogP contribution in [0, 0.1) is 11.8 Å². The van der Waals surface area contributed by atoms with Gasteiger partial charge in [0.15, 0.2) is 0 Å². The summed E-state index contributed by atoms with van der Waals surface area (Å²) < 4.78 is 0. The Morgan fingerprint density at radius 3 is 2.57 bits per heavy atom. The molecule has 21 heavy (non-hydrogen) atoms. The van der Waals surface area contributed by atoms with E-state index < -0.39 is 0 Å². The van der Waals surface area contributed by atoms with Crippen LogP contribution in [0.5, 0.6) is 0 Å². The standard InChI is InChI=1S/C16H22ClN3O/c1-2-9-18-13-8-7-12(17)15(19-13)16(21)20-14(10-3-4-10)11-5-6-11/h7-8,10-11,14H,2-6,9H2,1H3,(H,18,19)(H,20,21). The first-order valence-corrected chi connectivity index (χ1v) is 8.28. The quantitative estimate of drug-likeness (QED) is 0.811. The molecule has 1 amide bonds. The van der Waals surface area contributed by atoms with Gasteiger partial charge in [0, 0.05) is 12.6 Å². The van der Waals surface area contributed by atoms with Gasteiger partial charge in [0.05, 0.1) is 5.02 Å². The lowest BCUT2D eigenvalue weighted by molar-refractivity contribution is 0.0921. The van der Waals surface area contributed by atoms with Crippen molar-refractivity contribution in [3.05, 3.63) is 22.8 Å². The van der Waals surface area contributed by atoms with Gasteiger partial charge in [-0.2, -0.15) is 0 Å². The summed E-state index contributed by atoms with van der Waals surface area (Å²) in [6, 6.07) is 3.88. The van der Waals surface area contributed by atoms with Crippen molar-refractivity contribution in [1.29, 1.82) is 0 Å². The summed E-state index contributed by atoms with van der Waals surface area (Å²) in [5.74, 6) is 1.91. The maximum atomic E-state index is 12.5. The Labute approximate surface area is 130 Å². The summed E-state index contributed by atoms with van der Waals surface area (Å²) in [6.07, 6.45) is 5.96. The van der Waals surface area contributed by atoms with E-state index in [-0.39, 0.29) is 5.91 Å². The molecule has 0 radical (unpaired) electrons. The Morgan fingerprint density at radius 1 is 1.33 bits per heavy atom. The Morgan fingerprint density at radius 2 is 2.00 bits per heavy atom. The number of anilines is 1. The lowest BCUT2D eigenvalue weighted by atomic mass is 10.1. The molecule has 114 valence electrons. The summed E-state index contributed by atoms with van der Waals surface area (Å²) in [4.78, 5) is 16.8. The molecule has 1 aromatic rings. The van der Waals surface area contributed by atoms with Crippen LogP contribution in [0.1, 0.15) is 49.5 Å². The maximum Gasteiger partial charge on any atom is 0.271 e. The number of amides is 1. The highest BCUT2D eigenvalue weighted by Crippen LogP contribution is 2.44. The van der Waals surface area contributed by atoms with Gasteiger partial charge in [0.2, 0.25) is 0 Å². The molecule has 0 spiro atoms. The third kappa shape index (κ3) is 3.67. The summed E-state index contributed by atoms with van der Waals surface area (Å²) in [5.41, 5.74) is 0.337. The van der Waals surface area contributed by atoms with E-state index in [1.807, 2.05) is 6.07 Å². The summed E-state index contributed by atoms with van der Waals surface area (Å²) in [7, 11) is 0. The molecular weight excluding hydrogens is 286 g/mol. The number of halogens is 1. The molecule has 1 aromatic heterocycles. The van der Waals surface area contributed by atoms with Crippen molar-refractivity contribution >= 4 is 23.3 Å². The van der Waals surface area contributed by atoms with Gasteiger partial charge in [0.25, 0.3) is 5.91 Å². The molecule has 5 heteroatoms. The predicted octanol–water partition coefficient (Wildman–Crippen LogP) is 3.48. The van der Waals surface area contributed by atoms with E-state index in [1.165, 1.54) is 25.7 Å². The molecule has 2 aliphatic rings. The third-order valence-electron chi connectivity index (χ3n) is 4.17. The molecule has 1 heterocycles. The van der Waals surface area contributed by atoms with Crippen molar-refractivity contribution < 1.29 is 4.79 Å². The van der Waals surface area contributed by atoms with Crippen LogP contribution in [0.3, 0.4) is 0 Å². The van der Waals surface area contributed by atoms with Crippen LogP contribution in [0.25, 0.3) is 0 Å². The van der Waals surface area contributed by atoms with Gasteiger partial charge in [-0.1, -0.05) is 18.5 Å². The van der Waals surface area contributed by atoms with Crippen molar-refractivity contribution in [1.82, 2.24) is 10.3 Å². The summed E-state index contributed by atoms with van der Waals surface area (Å²) in [6.45, 7) is 2.93. The first kappa shape index (κ1) is 14.6. The average molecular weight is 308 g/mol. The Bertz CT molecular complexity index is 514. The summed E-state index contributed by atoms with van der Waals surface area (Å²) in [5, 5.41) is 6.77. The molecule has 0 saturated heterocycles. The fraction of sp³-hybridized carbons (Fsp3) is 0.625. The molecule has 2 saturated carbocycles. The van der Waals surface area contributed by atoms with Crippen molar-refractivity contribution in [3.63, 3.8) is 0 Å². The molecule has 2 N–H and O–H groups in total. The van der Waals surface area contributed by atoms with Crippen LogP contribution in [0.4, 0.5) is 5.82 Å². The predicted molar refractivity (Wildman–Crippen MR) is 84.7 cm³/mol. The average Bonchev–Trinajstić information content (AvgIpc) is 3.37. The lowest BCUT2D eigenvalue weighted by Crippen LogP contribution is -2.38. The number of rotatable bonds is 7. The van der Waals surface area contributed by atoms with Gasteiger partial charge >= 0.3 is 0 Å². The van der Waals surface area contributed by atoms with Crippen LogP contribution in [-0.2, 0) is 0 Å². The van der Waals surface area contributed by atoms with E-state index >= 15 is 0 Å². The molecule has 2 aliphatic carbocycles. The number of pyridine rings is 1. The van der Waals surface area contributed by atoms with Crippen LogP contribution in [-0.4, -0.2) is 23.5 Å². The topological polar surface area (TPSA) is 54.0 Å². The smallest absolute Gasteiger partial charge is 0.271 e. The number of hydrogen-bond donors (Lipinski definition) is 2. The van der Waals surface area contributed by atoms with Crippen molar-refractivity contribution in [2.75, 3.05) is 11.9 Å². The molecule has 0 atom stereocenters. The number of aromatic nitrogens is 1.